The molecule has 2 aromatic carbocycles. The summed E-state index contributed by atoms with van der Waals surface area (Å²) in [5.41, 5.74) is 1.09. The van der Waals surface area contributed by atoms with Gasteiger partial charge in [0, 0.05) is 30.7 Å². The Labute approximate surface area is 189 Å². The monoisotopic (exact) mass is 460 g/mol. The lowest BCUT2D eigenvalue weighted by Crippen LogP contribution is -2.28. The fourth-order valence-electron chi connectivity index (χ4n) is 2.96. The van der Waals surface area contributed by atoms with Crippen LogP contribution in [0.15, 0.2) is 60.3 Å². The molecule has 9 heteroatoms. The van der Waals surface area contributed by atoms with Gasteiger partial charge in [-0.05, 0) is 24.3 Å². The molecule has 1 heterocycles. The van der Waals surface area contributed by atoms with Crippen molar-refractivity contribution in [3.05, 3.63) is 71.5 Å². The first kappa shape index (κ1) is 22.8. The molecular formula is C22H22ClFN4O2S. The van der Waals surface area contributed by atoms with Crippen LogP contribution in [-0.2, 0) is 17.9 Å². The lowest BCUT2D eigenvalue weighted by atomic mass is 10.2. The molecule has 0 aliphatic heterocycles. The molecule has 0 unspecified atom stereocenters. The number of hydrogen-bond donors (Lipinski definition) is 0. The summed E-state index contributed by atoms with van der Waals surface area (Å²) >= 11 is 7.32. The molecule has 0 spiro atoms. The van der Waals surface area contributed by atoms with E-state index in [9.17, 15) is 9.18 Å². The highest BCUT2D eigenvalue weighted by Crippen LogP contribution is 2.31. The minimum absolute atomic E-state index is 0.0801. The van der Waals surface area contributed by atoms with E-state index in [0.29, 0.717) is 33.9 Å². The van der Waals surface area contributed by atoms with Gasteiger partial charge in [0.2, 0.25) is 5.91 Å². The second-order valence-corrected chi connectivity index (χ2v) is 7.99. The predicted octanol–water partition coefficient (Wildman–Crippen LogP) is 4.68. The van der Waals surface area contributed by atoms with Crippen molar-refractivity contribution in [2.45, 2.75) is 18.2 Å². The first-order chi connectivity index (χ1) is 15.0. The van der Waals surface area contributed by atoms with Crippen LogP contribution in [0.4, 0.5) is 4.39 Å². The van der Waals surface area contributed by atoms with Gasteiger partial charge in [-0.2, -0.15) is 0 Å². The van der Waals surface area contributed by atoms with Gasteiger partial charge in [-0.25, -0.2) is 4.39 Å². The van der Waals surface area contributed by atoms with Crippen LogP contribution in [0.3, 0.4) is 0 Å². The largest absolute Gasteiger partial charge is 0.496 e. The molecule has 3 aromatic rings. The number of thioether (sulfide) groups is 1. The van der Waals surface area contributed by atoms with Gasteiger partial charge < -0.3 is 9.64 Å². The minimum atomic E-state index is -0.438. The number of benzene rings is 2. The summed E-state index contributed by atoms with van der Waals surface area (Å²) < 4.78 is 21.3. The average molecular weight is 461 g/mol. The molecule has 0 aliphatic rings. The van der Waals surface area contributed by atoms with Crippen LogP contribution in [0, 0.1) is 5.82 Å². The number of aromatic nitrogens is 3. The van der Waals surface area contributed by atoms with Crippen LogP contribution in [0.1, 0.15) is 5.56 Å². The van der Waals surface area contributed by atoms with Crippen molar-refractivity contribution in [1.29, 1.82) is 0 Å². The van der Waals surface area contributed by atoms with E-state index >= 15 is 0 Å². The van der Waals surface area contributed by atoms with Gasteiger partial charge in [-0.1, -0.05) is 47.6 Å². The number of nitrogens with zero attached hydrogens (tertiary/aromatic N) is 4. The summed E-state index contributed by atoms with van der Waals surface area (Å²) in [4.78, 5) is 14.1. The van der Waals surface area contributed by atoms with E-state index in [4.69, 9.17) is 16.3 Å². The molecule has 3 rings (SSSR count). The molecule has 31 heavy (non-hydrogen) atoms. The van der Waals surface area contributed by atoms with Crippen molar-refractivity contribution < 1.29 is 13.9 Å². The third-order valence-electron chi connectivity index (χ3n) is 4.58. The number of carbonyl (C=O) groups is 1. The van der Waals surface area contributed by atoms with Crippen molar-refractivity contribution in [3.63, 3.8) is 0 Å². The zero-order valence-electron chi connectivity index (χ0n) is 17.2. The number of methoxy groups -OCH3 is 1. The van der Waals surface area contributed by atoms with Crippen molar-refractivity contribution in [2.75, 3.05) is 19.9 Å². The van der Waals surface area contributed by atoms with Gasteiger partial charge in [0.25, 0.3) is 0 Å². The molecule has 0 atom stereocenters. The summed E-state index contributed by atoms with van der Waals surface area (Å²) in [6.45, 7) is 4.35. The van der Waals surface area contributed by atoms with Crippen molar-refractivity contribution in [3.8, 4) is 17.1 Å². The lowest BCUT2D eigenvalue weighted by molar-refractivity contribution is -0.127. The smallest absolute Gasteiger partial charge is 0.233 e. The molecule has 6 nitrogen and oxygen atoms in total. The summed E-state index contributed by atoms with van der Waals surface area (Å²) in [6.07, 6.45) is 1.74. The van der Waals surface area contributed by atoms with Gasteiger partial charge in [0.1, 0.15) is 11.6 Å². The first-order valence-electron chi connectivity index (χ1n) is 9.43. The number of amides is 1. The number of halogens is 2. The second-order valence-electron chi connectivity index (χ2n) is 6.64. The number of ether oxygens (including phenoxy) is 1. The van der Waals surface area contributed by atoms with E-state index < -0.39 is 5.82 Å². The maximum absolute atomic E-state index is 14.0. The number of allylic oxidation sites excluding steroid dienone is 1. The Morgan fingerprint density at radius 2 is 2.06 bits per heavy atom. The van der Waals surface area contributed by atoms with E-state index in [-0.39, 0.29) is 18.2 Å². The van der Waals surface area contributed by atoms with E-state index in [1.54, 1.807) is 26.3 Å². The molecule has 0 fully saturated rings. The van der Waals surface area contributed by atoms with Gasteiger partial charge in [-0.3, -0.25) is 9.36 Å². The zero-order chi connectivity index (χ0) is 22.4. The molecule has 0 saturated heterocycles. The topological polar surface area (TPSA) is 60.2 Å². The third-order valence-corrected chi connectivity index (χ3v) is 5.89. The maximum atomic E-state index is 14.0. The van der Waals surface area contributed by atoms with Crippen LogP contribution in [0.2, 0.25) is 5.02 Å². The first-order valence-corrected chi connectivity index (χ1v) is 10.8. The minimum Gasteiger partial charge on any atom is -0.496 e. The molecule has 0 saturated carbocycles. The zero-order valence-corrected chi connectivity index (χ0v) is 18.8. The Balaban J connectivity index is 1.75. The SMILES string of the molecule is C=CCn1c(SCC(=O)N(C)Cc2c(F)cccc2Cl)nnc1-c1ccccc1OC. The quantitative estimate of drug-likeness (QED) is 0.342. The third kappa shape index (κ3) is 5.26. The highest BCUT2D eigenvalue weighted by molar-refractivity contribution is 7.99. The van der Waals surface area contributed by atoms with E-state index in [1.165, 1.54) is 28.8 Å². The standard InChI is InChI=1S/C22H22ClFN4O2S/c1-4-12-28-21(15-8-5-6-11-19(15)30-3)25-26-22(28)31-14-20(29)27(2)13-16-17(23)9-7-10-18(16)24/h4-11H,1,12-14H2,2-3H3. The van der Waals surface area contributed by atoms with Crippen LogP contribution in [-0.4, -0.2) is 45.5 Å². The Bertz CT molecular complexity index is 1070. The molecule has 0 aliphatic carbocycles. The van der Waals surface area contributed by atoms with Crippen molar-refractivity contribution >= 4 is 29.3 Å². The number of hydrogen-bond acceptors (Lipinski definition) is 5. The van der Waals surface area contributed by atoms with E-state index in [1.807, 2.05) is 28.8 Å². The number of rotatable bonds is 9. The van der Waals surface area contributed by atoms with Crippen LogP contribution in [0.5, 0.6) is 5.75 Å². The van der Waals surface area contributed by atoms with E-state index in [0.717, 1.165) is 5.56 Å². The number of para-hydroxylation sites is 1. The van der Waals surface area contributed by atoms with Crippen molar-refractivity contribution in [1.82, 2.24) is 19.7 Å². The Kier molecular flexibility index (Phi) is 7.70. The summed E-state index contributed by atoms with van der Waals surface area (Å²) in [7, 11) is 3.21. The summed E-state index contributed by atoms with van der Waals surface area (Å²) in [5.74, 6) is 0.792. The molecule has 0 radical (unpaired) electrons. The van der Waals surface area contributed by atoms with Gasteiger partial charge >= 0.3 is 0 Å². The Hall–Kier alpha value is -2.84. The second kappa shape index (κ2) is 10.5. The van der Waals surface area contributed by atoms with Crippen LogP contribution >= 0.6 is 23.4 Å². The molecule has 1 amide bonds. The number of carbonyl (C=O) groups excluding carboxylic acids is 1. The highest BCUT2D eigenvalue weighted by Gasteiger charge is 2.19. The highest BCUT2D eigenvalue weighted by atomic mass is 35.5. The Morgan fingerprint density at radius 1 is 1.29 bits per heavy atom. The van der Waals surface area contributed by atoms with Gasteiger partial charge in [0.05, 0.1) is 18.4 Å². The maximum Gasteiger partial charge on any atom is 0.233 e. The van der Waals surface area contributed by atoms with Crippen molar-refractivity contribution in [2.24, 2.45) is 0 Å². The summed E-state index contributed by atoms with van der Waals surface area (Å²) in [6, 6.07) is 12.0. The molecule has 1 aromatic heterocycles. The van der Waals surface area contributed by atoms with Gasteiger partial charge in [-0.15, -0.1) is 16.8 Å². The lowest BCUT2D eigenvalue weighted by Gasteiger charge is -2.18. The molecular weight excluding hydrogens is 439 g/mol. The summed E-state index contributed by atoms with van der Waals surface area (Å²) in [5, 5.41) is 9.42. The van der Waals surface area contributed by atoms with Crippen LogP contribution in [0.25, 0.3) is 11.4 Å². The fraction of sp³-hybridized carbons (Fsp3) is 0.227. The van der Waals surface area contributed by atoms with Gasteiger partial charge in [0.15, 0.2) is 11.0 Å². The normalized spacial score (nSPS) is 10.7. The fourth-order valence-corrected chi connectivity index (χ4v) is 4.07. The van der Waals surface area contributed by atoms with E-state index in [2.05, 4.69) is 16.8 Å². The molecule has 162 valence electrons. The Morgan fingerprint density at radius 3 is 2.77 bits per heavy atom. The molecule has 0 N–H and O–H groups in total. The molecule has 0 bridgehead atoms. The predicted molar refractivity (Wildman–Crippen MR) is 121 cm³/mol. The van der Waals surface area contributed by atoms with Crippen LogP contribution < -0.4 is 4.74 Å². The average Bonchev–Trinajstić information content (AvgIpc) is 3.17.